The molecule has 0 aliphatic carbocycles. The fraction of sp³-hybridized carbons (Fsp3) is 0.294. The molecular weight excluding hydrogens is 330 g/mol. The molecule has 0 radical (unpaired) electrons. The van der Waals surface area contributed by atoms with Crippen LogP contribution in [-0.4, -0.2) is 6.54 Å². The largest absolute Gasteiger partial charge is 0.312 e. The predicted octanol–water partition coefficient (Wildman–Crippen LogP) is 5.35. The molecule has 0 bridgehead atoms. The average molecular weight is 350 g/mol. The van der Waals surface area contributed by atoms with Crippen molar-refractivity contribution in [3.8, 4) is 0 Å². The second-order valence-electron chi connectivity index (χ2n) is 5.23. The minimum absolute atomic E-state index is 0.696. The Bertz CT molecular complexity index is 537. The zero-order chi connectivity index (χ0) is 14.4. The Hall–Kier alpha value is -0.770. The highest BCUT2D eigenvalue weighted by Gasteiger charge is 1.99. The molecule has 0 saturated carbocycles. The molecule has 0 unspecified atom stereocenters. The van der Waals surface area contributed by atoms with Crippen LogP contribution in [0.3, 0.4) is 0 Å². The molecule has 3 heteroatoms. The summed E-state index contributed by atoms with van der Waals surface area (Å²) in [6.45, 7) is 6.46. The first-order valence-electron chi connectivity index (χ1n) is 6.86. The molecule has 0 aliphatic heterocycles. The molecule has 106 valence electrons. The van der Waals surface area contributed by atoms with Crippen molar-refractivity contribution in [3.63, 3.8) is 0 Å². The molecule has 0 aliphatic rings. The molecule has 0 fully saturated rings. The van der Waals surface area contributed by atoms with E-state index in [9.17, 15) is 0 Å². The third kappa shape index (κ3) is 5.31. The Morgan fingerprint density at radius 1 is 1.05 bits per heavy atom. The van der Waals surface area contributed by atoms with Crippen LogP contribution in [0.2, 0.25) is 0 Å². The van der Waals surface area contributed by atoms with E-state index in [0.717, 1.165) is 17.6 Å². The fourth-order valence-corrected chi connectivity index (χ4v) is 3.27. The van der Waals surface area contributed by atoms with E-state index in [1.165, 1.54) is 15.4 Å². The van der Waals surface area contributed by atoms with Crippen molar-refractivity contribution in [3.05, 3.63) is 58.6 Å². The van der Waals surface area contributed by atoms with Gasteiger partial charge in [-0.25, -0.2) is 0 Å². The van der Waals surface area contributed by atoms with Crippen LogP contribution in [0.4, 0.5) is 0 Å². The van der Waals surface area contributed by atoms with Gasteiger partial charge in [-0.2, -0.15) is 0 Å². The summed E-state index contributed by atoms with van der Waals surface area (Å²) in [4.78, 5) is 2.53. The molecule has 2 aromatic rings. The van der Waals surface area contributed by atoms with Crippen LogP contribution in [0.1, 0.15) is 19.4 Å². The van der Waals surface area contributed by atoms with Gasteiger partial charge in [0, 0.05) is 20.8 Å². The van der Waals surface area contributed by atoms with Gasteiger partial charge >= 0.3 is 0 Å². The summed E-state index contributed by atoms with van der Waals surface area (Å²) in [6.07, 6.45) is 0. The molecule has 1 nitrogen and oxygen atoms in total. The molecular formula is C17H20BrNS. The first-order chi connectivity index (χ1) is 9.63. The summed E-state index contributed by atoms with van der Waals surface area (Å²) in [5, 5.41) is 3.46. The van der Waals surface area contributed by atoms with E-state index in [1.54, 1.807) is 11.8 Å². The molecule has 0 amide bonds. The quantitative estimate of drug-likeness (QED) is 0.754. The van der Waals surface area contributed by atoms with Crippen molar-refractivity contribution in [2.24, 2.45) is 5.92 Å². The number of hydrogen-bond acceptors (Lipinski definition) is 2. The summed E-state index contributed by atoms with van der Waals surface area (Å²) in [6, 6.07) is 17.2. The lowest BCUT2D eigenvalue weighted by atomic mass is 10.2. The van der Waals surface area contributed by atoms with Crippen LogP contribution in [0.15, 0.2) is 62.8 Å². The van der Waals surface area contributed by atoms with Gasteiger partial charge in [0.05, 0.1) is 0 Å². The minimum atomic E-state index is 0.696. The van der Waals surface area contributed by atoms with Crippen molar-refractivity contribution < 1.29 is 0 Å². The van der Waals surface area contributed by atoms with Crippen molar-refractivity contribution in [2.45, 2.75) is 30.2 Å². The van der Waals surface area contributed by atoms with Gasteiger partial charge in [0.25, 0.3) is 0 Å². The Kier molecular flexibility index (Phi) is 6.14. The van der Waals surface area contributed by atoms with Gasteiger partial charge in [0.15, 0.2) is 0 Å². The second-order valence-corrected chi connectivity index (χ2v) is 7.29. The van der Waals surface area contributed by atoms with E-state index in [1.807, 2.05) is 6.07 Å². The summed E-state index contributed by atoms with van der Waals surface area (Å²) >= 11 is 5.29. The summed E-state index contributed by atoms with van der Waals surface area (Å²) in [5.41, 5.74) is 1.34. The Balaban J connectivity index is 1.91. The molecule has 0 heterocycles. The third-order valence-electron chi connectivity index (χ3n) is 2.84. The SMILES string of the molecule is CC(C)CNCc1ccc(Sc2cccc(Br)c2)cc1. The molecule has 0 atom stereocenters. The normalized spacial score (nSPS) is 11.0. The Labute approximate surface area is 134 Å². The smallest absolute Gasteiger partial charge is 0.0205 e. The lowest BCUT2D eigenvalue weighted by molar-refractivity contribution is 0.552. The van der Waals surface area contributed by atoms with Gasteiger partial charge in [-0.05, 0) is 48.4 Å². The Morgan fingerprint density at radius 3 is 2.45 bits per heavy atom. The van der Waals surface area contributed by atoms with Gasteiger partial charge in [-0.3, -0.25) is 0 Å². The van der Waals surface area contributed by atoms with Gasteiger partial charge < -0.3 is 5.32 Å². The Morgan fingerprint density at radius 2 is 1.80 bits per heavy atom. The van der Waals surface area contributed by atoms with E-state index in [4.69, 9.17) is 0 Å². The molecule has 0 spiro atoms. The van der Waals surface area contributed by atoms with Crippen LogP contribution < -0.4 is 5.32 Å². The highest BCUT2D eigenvalue weighted by molar-refractivity contribution is 9.10. The number of rotatable bonds is 6. The maximum atomic E-state index is 3.51. The topological polar surface area (TPSA) is 12.0 Å². The summed E-state index contributed by atoms with van der Waals surface area (Å²) < 4.78 is 1.12. The maximum absolute atomic E-state index is 3.51. The molecule has 0 aromatic heterocycles. The van der Waals surface area contributed by atoms with Crippen LogP contribution in [0.25, 0.3) is 0 Å². The average Bonchev–Trinajstić information content (AvgIpc) is 2.40. The summed E-state index contributed by atoms with van der Waals surface area (Å²) in [7, 11) is 0. The number of nitrogens with one attached hydrogen (secondary N) is 1. The van der Waals surface area contributed by atoms with E-state index >= 15 is 0 Å². The predicted molar refractivity (Wildman–Crippen MR) is 91.3 cm³/mol. The lowest BCUT2D eigenvalue weighted by Gasteiger charge is -2.08. The third-order valence-corrected chi connectivity index (χ3v) is 4.33. The highest BCUT2D eigenvalue weighted by atomic mass is 79.9. The zero-order valence-electron chi connectivity index (χ0n) is 11.9. The van der Waals surface area contributed by atoms with Crippen LogP contribution in [0, 0.1) is 5.92 Å². The highest BCUT2D eigenvalue weighted by Crippen LogP contribution is 2.29. The van der Waals surface area contributed by atoms with Gasteiger partial charge in [-0.15, -0.1) is 0 Å². The zero-order valence-corrected chi connectivity index (χ0v) is 14.3. The fourth-order valence-electron chi connectivity index (χ4n) is 1.85. The van der Waals surface area contributed by atoms with Crippen LogP contribution in [0.5, 0.6) is 0 Å². The molecule has 1 N–H and O–H groups in total. The monoisotopic (exact) mass is 349 g/mol. The minimum Gasteiger partial charge on any atom is -0.312 e. The summed E-state index contributed by atoms with van der Waals surface area (Å²) in [5.74, 6) is 0.696. The van der Waals surface area contributed by atoms with Gasteiger partial charge in [-0.1, -0.05) is 59.7 Å². The standard InChI is InChI=1S/C17H20BrNS/c1-13(2)11-19-12-14-6-8-16(9-7-14)20-17-5-3-4-15(18)10-17/h3-10,13,19H,11-12H2,1-2H3. The maximum Gasteiger partial charge on any atom is 0.0205 e. The van der Waals surface area contributed by atoms with Gasteiger partial charge in [0.2, 0.25) is 0 Å². The number of benzene rings is 2. The van der Waals surface area contributed by atoms with Crippen molar-refractivity contribution in [1.29, 1.82) is 0 Å². The van der Waals surface area contributed by atoms with Crippen molar-refractivity contribution in [1.82, 2.24) is 5.32 Å². The number of halogens is 1. The first kappa shape index (κ1) is 15.6. The van der Waals surface area contributed by atoms with E-state index in [-0.39, 0.29) is 0 Å². The van der Waals surface area contributed by atoms with Crippen LogP contribution in [-0.2, 0) is 6.54 Å². The molecule has 2 rings (SSSR count). The molecule has 20 heavy (non-hydrogen) atoms. The number of hydrogen-bond donors (Lipinski definition) is 1. The second kappa shape index (κ2) is 7.87. The molecule has 2 aromatic carbocycles. The van der Waals surface area contributed by atoms with Crippen molar-refractivity contribution in [2.75, 3.05) is 6.54 Å². The molecule has 0 saturated heterocycles. The van der Waals surface area contributed by atoms with E-state index in [2.05, 4.69) is 77.6 Å². The van der Waals surface area contributed by atoms with E-state index < -0.39 is 0 Å². The first-order valence-corrected chi connectivity index (χ1v) is 8.47. The van der Waals surface area contributed by atoms with E-state index in [0.29, 0.717) is 5.92 Å². The lowest BCUT2D eigenvalue weighted by Crippen LogP contribution is -2.18. The van der Waals surface area contributed by atoms with Crippen LogP contribution >= 0.6 is 27.7 Å². The van der Waals surface area contributed by atoms with Crippen molar-refractivity contribution >= 4 is 27.7 Å². The van der Waals surface area contributed by atoms with Gasteiger partial charge in [0.1, 0.15) is 0 Å².